The molecule has 1 aromatic heterocycles. The number of likely N-dealkylation sites (tertiary alicyclic amines) is 1. The second kappa shape index (κ2) is 8.00. The molecule has 0 saturated carbocycles. The van der Waals surface area contributed by atoms with Gasteiger partial charge in [0.05, 0.1) is 6.42 Å². The van der Waals surface area contributed by atoms with Crippen LogP contribution in [0.4, 0.5) is 0 Å². The molecule has 1 aliphatic rings. The number of hydrogen-bond acceptors (Lipinski definition) is 2. The van der Waals surface area contributed by atoms with Crippen LogP contribution in [0.15, 0.2) is 42.7 Å². The van der Waals surface area contributed by atoms with Crippen molar-refractivity contribution >= 4 is 29.1 Å². The Morgan fingerprint density at radius 1 is 1.08 bits per heavy atom. The van der Waals surface area contributed by atoms with Crippen molar-refractivity contribution in [3.8, 4) is 0 Å². The van der Waals surface area contributed by atoms with Crippen LogP contribution in [-0.4, -0.2) is 28.9 Å². The van der Waals surface area contributed by atoms with Crippen molar-refractivity contribution in [2.75, 3.05) is 13.1 Å². The third-order valence-electron chi connectivity index (χ3n) is 4.63. The van der Waals surface area contributed by atoms with Crippen LogP contribution in [0.1, 0.15) is 24.0 Å². The van der Waals surface area contributed by atoms with Gasteiger partial charge in [0.15, 0.2) is 0 Å². The summed E-state index contributed by atoms with van der Waals surface area (Å²) in [6.07, 6.45) is 7.06. The van der Waals surface area contributed by atoms with Crippen LogP contribution < -0.4 is 0 Å². The van der Waals surface area contributed by atoms with Crippen LogP contribution >= 0.6 is 23.2 Å². The topological polar surface area (TPSA) is 33.2 Å². The zero-order chi connectivity index (χ0) is 16.9. The second-order valence-corrected chi connectivity index (χ2v) is 7.08. The lowest BCUT2D eigenvalue weighted by molar-refractivity contribution is -0.131. The van der Waals surface area contributed by atoms with Gasteiger partial charge in [0, 0.05) is 35.5 Å². The number of piperidine rings is 1. The molecule has 0 bridgehead atoms. The molecule has 5 heteroatoms. The van der Waals surface area contributed by atoms with E-state index in [-0.39, 0.29) is 12.3 Å². The van der Waals surface area contributed by atoms with Gasteiger partial charge in [-0.15, -0.1) is 0 Å². The fraction of sp³-hybridized carbons (Fsp3) is 0.368. The Morgan fingerprint density at radius 2 is 1.71 bits per heavy atom. The van der Waals surface area contributed by atoms with E-state index in [1.165, 1.54) is 5.56 Å². The molecule has 2 heterocycles. The Balaban J connectivity index is 1.54. The molecule has 126 valence electrons. The minimum absolute atomic E-state index is 0.104. The first kappa shape index (κ1) is 17.2. The van der Waals surface area contributed by atoms with E-state index in [1.54, 1.807) is 18.2 Å². The number of amides is 1. The molecule has 0 radical (unpaired) electrons. The van der Waals surface area contributed by atoms with Crippen LogP contribution in [0, 0.1) is 5.92 Å². The minimum Gasteiger partial charge on any atom is -0.342 e. The van der Waals surface area contributed by atoms with Crippen molar-refractivity contribution in [2.24, 2.45) is 5.92 Å². The van der Waals surface area contributed by atoms with Crippen molar-refractivity contribution < 1.29 is 4.79 Å². The molecule has 0 unspecified atom stereocenters. The summed E-state index contributed by atoms with van der Waals surface area (Å²) in [5.74, 6) is 0.729. The smallest absolute Gasteiger partial charge is 0.227 e. The molecule has 24 heavy (non-hydrogen) atoms. The molecular formula is C19H20Cl2N2O. The van der Waals surface area contributed by atoms with Gasteiger partial charge in [0.1, 0.15) is 0 Å². The second-order valence-electron chi connectivity index (χ2n) is 6.26. The molecular weight excluding hydrogens is 343 g/mol. The lowest BCUT2D eigenvalue weighted by Gasteiger charge is -2.32. The molecule has 1 saturated heterocycles. The lowest BCUT2D eigenvalue weighted by Crippen LogP contribution is -2.39. The third kappa shape index (κ3) is 4.28. The summed E-state index contributed by atoms with van der Waals surface area (Å²) in [6, 6.07) is 9.48. The Labute approximate surface area is 152 Å². The first-order valence-corrected chi connectivity index (χ1v) is 8.98. The molecule has 1 amide bonds. The van der Waals surface area contributed by atoms with Gasteiger partial charge in [-0.1, -0.05) is 29.3 Å². The number of hydrogen-bond donors (Lipinski definition) is 0. The fourth-order valence-electron chi connectivity index (χ4n) is 3.20. The Morgan fingerprint density at radius 3 is 2.33 bits per heavy atom. The SMILES string of the molecule is O=C(Cc1c(Cl)cccc1Cl)N1CCC(Cc2ccncc2)CC1. The summed E-state index contributed by atoms with van der Waals surface area (Å²) in [7, 11) is 0. The van der Waals surface area contributed by atoms with Crippen molar-refractivity contribution in [1.82, 2.24) is 9.88 Å². The minimum atomic E-state index is 0.104. The number of rotatable bonds is 4. The van der Waals surface area contributed by atoms with Gasteiger partial charge >= 0.3 is 0 Å². The third-order valence-corrected chi connectivity index (χ3v) is 5.34. The zero-order valence-electron chi connectivity index (χ0n) is 13.4. The van der Waals surface area contributed by atoms with Crippen molar-refractivity contribution in [1.29, 1.82) is 0 Å². The standard InChI is InChI=1S/C19H20Cl2N2O/c20-17-2-1-3-18(21)16(17)13-19(24)23-10-6-15(7-11-23)12-14-4-8-22-9-5-14/h1-5,8-9,15H,6-7,10-13H2. The average Bonchev–Trinajstić information content (AvgIpc) is 2.60. The van der Waals surface area contributed by atoms with E-state index in [2.05, 4.69) is 17.1 Å². The number of pyridine rings is 1. The summed E-state index contributed by atoms with van der Waals surface area (Å²) in [5, 5.41) is 1.12. The van der Waals surface area contributed by atoms with Gasteiger partial charge in [-0.05, 0) is 60.6 Å². The van der Waals surface area contributed by atoms with E-state index in [0.717, 1.165) is 37.9 Å². The zero-order valence-corrected chi connectivity index (χ0v) is 14.9. The van der Waals surface area contributed by atoms with Crippen LogP contribution in [0.3, 0.4) is 0 Å². The maximum atomic E-state index is 12.5. The number of benzene rings is 1. The highest BCUT2D eigenvalue weighted by Gasteiger charge is 2.24. The largest absolute Gasteiger partial charge is 0.342 e. The normalized spacial score (nSPS) is 15.5. The van der Waals surface area contributed by atoms with Crippen LogP contribution in [0.2, 0.25) is 10.0 Å². The van der Waals surface area contributed by atoms with E-state index < -0.39 is 0 Å². The number of carbonyl (C=O) groups excluding carboxylic acids is 1. The highest BCUT2D eigenvalue weighted by molar-refractivity contribution is 6.36. The Kier molecular flexibility index (Phi) is 5.75. The van der Waals surface area contributed by atoms with Gasteiger partial charge in [-0.2, -0.15) is 0 Å². The van der Waals surface area contributed by atoms with Crippen LogP contribution in [-0.2, 0) is 17.6 Å². The van der Waals surface area contributed by atoms with Gasteiger partial charge in [0.25, 0.3) is 0 Å². The highest BCUT2D eigenvalue weighted by atomic mass is 35.5. The molecule has 2 aromatic rings. The van der Waals surface area contributed by atoms with E-state index in [0.29, 0.717) is 16.0 Å². The molecule has 0 N–H and O–H groups in total. The number of halogens is 2. The summed E-state index contributed by atoms with van der Waals surface area (Å²) >= 11 is 12.3. The van der Waals surface area contributed by atoms with E-state index in [1.807, 2.05) is 17.3 Å². The number of carbonyl (C=O) groups is 1. The molecule has 0 aliphatic carbocycles. The monoisotopic (exact) mass is 362 g/mol. The lowest BCUT2D eigenvalue weighted by atomic mass is 9.90. The summed E-state index contributed by atoms with van der Waals surface area (Å²) in [6.45, 7) is 1.60. The molecule has 0 atom stereocenters. The van der Waals surface area contributed by atoms with Gasteiger partial charge in [-0.25, -0.2) is 0 Å². The summed E-state index contributed by atoms with van der Waals surface area (Å²) < 4.78 is 0. The van der Waals surface area contributed by atoms with Crippen molar-refractivity contribution in [3.63, 3.8) is 0 Å². The fourth-order valence-corrected chi connectivity index (χ4v) is 3.73. The average molecular weight is 363 g/mol. The van der Waals surface area contributed by atoms with Crippen molar-refractivity contribution in [3.05, 3.63) is 63.9 Å². The van der Waals surface area contributed by atoms with E-state index in [4.69, 9.17) is 23.2 Å². The molecule has 3 rings (SSSR count). The molecule has 1 fully saturated rings. The van der Waals surface area contributed by atoms with Gasteiger partial charge in [-0.3, -0.25) is 9.78 Å². The van der Waals surface area contributed by atoms with Gasteiger partial charge < -0.3 is 4.90 Å². The van der Waals surface area contributed by atoms with E-state index >= 15 is 0 Å². The van der Waals surface area contributed by atoms with Gasteiger partial charge in [0.2, 0.25) is 5.91 Å². The van der Waals surface area contributed by atoms with Crippen molar-refractivity contribution in [2.45, 2.75) is 25.7 Å². The highest BCUT2D eigenvalue weighted by Crippen LogP contribution is 2.27. The summed E-state index contributed by atoms with van der Waals surface area (Å²) in [5.41, 5.74) is 2.04. The maximum absolute atomic E-state index is 12.5. The quantitative estimate of drug-likeness (QED) is 0.806. The van der Waals surface area contributed by atoms with Crippen LogP contribution in [0.5, 0.6) is 0 Å². The molecule has 3 nitrogen and oxygen atoms in total. The van der Waals surface area contributed by atoms with Crippen LogP contribution in [0.25, 0.3) is 0 Å². The first-order valence-electron chi connectivity index (χ1n) is 8.23. The van der Waals surface area contributed by atoms with E-state index in [9.17, 15) is 4.79 Å². The predicted octanol–water partition coefficient (Wildman–Crippen LogP) is 4.41. The molecule has 1 aliphatic heterocycles. The maximum Gasteiger partial charge on any atom is 0.227 e. The Hall–Kier alpha value is -1.58. The first-order chi connectivity index (χ1) is 11.6. The molecule has 1 aromatic carbocycles. The Bertz CT molecular complexity index is 678. The summed E-state index contributed by atoms with van der Waals surface area (Å²) in [4.78, 5) is 18.5. The number of nitrogens with zero attached hydrogens (tertiary/aromatic N) is 2. The predicted molar refractivity (Wildman–Crippen MR) is 97.4 cm³/mol. The number of aromatic nitrogens is 1. The molecule has 0 spiro atoms.